The van der Waals surface area contributed by atoms with Crippen molar-refractivity contribution in [3.63, 3.8) is 0 Å². The van der Waals surface area contributed by atoms with E-state index in [0.29, 0.717) is 0 Å². The van der Waals surface area contributed by atoms with Gasteiger partial charge in [0.05, 0.1) is 5.69 Å². The van der Waals surface area contributed by atoms with Crippen LogP contribution < -0.4 is 9.80 Å². The number of para-hydroxylation sites is 2. The second-order valence-corrected chi connectivity index (χ2v) is 16.7. The van der Waals surface area contributed by atoms with Crippen LogP contribution in [-0.2, 0) is 0 Å². The lowest BCUT2D eigenvalue weighted by molar-refractivity contribution is 0.673. The molecule has 0 atom stereocenters. The predicted octanol–water partition coefficient (Wildman–Crippen LogP) is 16.4. The fourth-order valence-corrected chi connectivity index (χ4v) is 10.8. The van der Waals surface area contributed by atoms with E-state index < -0.39 is 0 Å². The van der Waals surface area contributed by atoms with E-state index in [9.17, 15) is 0 Å². The highest BCUT2D eigenvalue weighted by Gasteiger charge is 2.25. The molecule has 0 aliphatic carbocycles. The van der Waals surface area contributed by atoms with Crippen molar-refractivity contribution in [3.05, 3.63) is 194 Å². The molecule has 0 saturated carbocycles. The molecule has 0 aliphatic rings. The Morgan fingerprint density at radius 3 is 1.46 bits per heavy atom. The molecule has 0 amide bonds. The first-order valence-corrected chi connectivity index (χ1v) is 20.8. The first-order chi connectivity index (χ1) is 28.2. The summed E-state index contributed by atoms with van der Waals surface area (Å²) >= 11 is 3.69. The Morgan fingerprint density at radius 1 is 0.298 bits per heavy atom. The van der Waals surface area contributed by atoms with Gasteiger partial charge in [-0.2, -0.15) is 0 Å². The average Bonchev–Trinajstić information content (AvgIpc) is 3.96. The minimum absolute atomic E-state index is 0.844. The van der Waals surface area contributed by atoms with Gasteiger partial charge >= 0.3 is 0 Å². The molecule has 268 valence electrons. The van der Waals surface area contributed by atoms with E-state index in [-0.39, 0.29) is 0 Å². The van der Waals surface area contributed by atoms with Crippen molar-refractivity contribution in [1.29, 1.82) is 0 Å². The molecule has 3 heterocycles. The maximum atomic E-state index is 7.15. The molecular formula is C52H32N2OS2. The van der Waals surface area contributed by atoms with Gasteiger partial charge in [0.25, 0.3) is 0 Å². The molecule has 0 spiro atoms. The van der Waals surface area contributed by atoms with Crippen LogP contribution in [0.25, 0.3) is 73.1 Å². The highest BCUT2D eigenvalue weighted by Crippen LogP contribution is 2.49. The Kier molecular flexibility index (Phi) is 7.27. The van der Waals surface area contributed by atoms with E-state index >= 15 is 0 Å². The number of benzene rings is 9. The summed E-state index contributed by atoms with van der Waals surface area (Å²) in [5.41, 5.74) is 8.05. The van der Waals surface area contributed by atoms with Crippen molar-refractivity contribution >= 4 is 130 Å². The van der Waals surface area contributed by atoms with E-state index in [1.165, 1.54) is 40.3 Å². The topological polar surface area (TPSA) is 19.6 Å². The normalized spacial score (nSPS) is 11.9. The molecule has 9 aromatic carbocycles. The minimum atomic E-state index is 0.844. The lowest BCUT2D eigenvalue weighted by atomic mass is 10.0. The van der Waals surface area contributed by atoms with Crippen molar-refractivity contribution in [2.45, 2.75) is 0 Å². The van der Waals surface area contributed by atoms with Crippen LogP contribution >= 0.6 is 22.7 Å². The predicted molar refractivity (Wildman–Crippen MR) is 246 cm³/mol. The zero-order valence-electron chi connectivity index (χ0n) is 30.6. The van der Waals surface area contributed by atoms with Crippen molar-refractivity contribution in [1.82, 2.24) is 0 Å². The number of furan rings is 1. The summed E-state index contributed by atoms with van der Waals surface area (Å²) < 4.78 is 12.3. The lowest BCUT2D eigenvalue weighted by Gasteiger charge is -2.29. The maximum absolute atomic E-state index is 7.15. The third-order valence-corrected chi connectivity index (χ3v) is 13.5. The van der Waals surface area contributed by atoms with Crippen LogP contribution in [0.15, 0.2) is 199 Å². The number of nitrogens with zero attached hydrogens (tertiary/aromatic N) is 2. The van der Waals surface area contributed by atoms with Crippen LogP contribution in [0.4, 0.5) is 34.1 Å². The number of hydrogen-bond acceptors (Lipinski definition) is 5. The van der Waals surface area contributed by atoms with Gasteiger partial charge in [0.15, 0.2) is 5.58 Å². The SMILES string of the molecule is c1ccc(N(c2ccc3sc4ccccc4c3c2)c2cc(N(c3ccccc3)c3ccc4sc5ccccc5c4c3)c3oc4c5ccccc5ccc4c3c2)cc1. The fourth-order valence-electron chi connectivity index (χ4n) is 8.60. The molecular weight excluding hydrogens is 733 g/mol. The molecule has 0 radical (unpaired) electrons. The van der Waals surface area contributed by atoms with Gasteiger partial charge in [0, 0.05) is 84.9 Å². The molecule has 5 heteroatoms. The summed E-state index contributed by atoms with van der Waals surface area (Å²) in [6.45, 7) is 0. The molecule has 3 aromatic heterocycles. The third kappa shape index (κ3) is 5.17. The Bertz CT molecular complexity index is 3490. The quantitative estimate of drug-likeness (QED) is 0.168. The van der Waals surface area contributed by atoms with Crippen LogP contribution in [0.5, 0.6) is 0 Å². The number of thiophene rings is 2. The fraction of sp³-hybridized carbons (Fsp3) is 0. The van der Waals surface area contributed by atoms with E-state index in [2.05, 4.69) is 204 Å². The minimum Gasteiger partial charge on any atom is -0.453 e. The van der Waals surface area contributed by atoms with Gasteiger partial charge in [-0.05, 0) is 96.4 Å². The van der Waals surface area contributed by atoms with Crippen LogP contribution in [-0.4, -0.2) is 0 Å². The standard InChI is InChI=1S/C52H32N2OS2/c1-3-14-34(15-4-1)53(36-24-27-49-43(29-36)40-19-9-11-21-47(40)56-49)38-31-45-42-26-23-33-13-7-8-18-39(33)51(42)55-52(45)46(32-38)54(35-16-5-2-6-17-35)37-25-28-50-44(30-37)41-20-10-12-22-48(41)57-50/h1-32H. The smallest absolute Gasteiger partial charge is 0.159 e. The second-order valence-electron chi connectivity index (χ2n) is 14.5. The zero-order chi connectivity index (χ0) is 37.5. The summed E-state index contributed by atoms with van der Waals surface area (Å²) in [6, 6.07) is 70.2. The van der Waals surface area contributed by atoms with E-state index in [4.69, 9.17) is 4.42 Å². The molecule has 0 unspecified atom stereocenters. The Balaban J connectivity index is 1.18. The molecule has 0 N–H and O–H groups in total. The van der Waals surface area contributed by atoms with Gasteiger partial charge in [-0.25, -0.2) is 0 Å². The summed E-state index contributed by atoms with van der Waals surface area (Å²) in [4.78, 5) is 4.77. The highest BCUT2D eigenvalue weighted by molar-refractivity contribution is 7.26. The van der Waals surface area contributed by atoms with Crippen LogP contribution in [0.2, 0.25) is 0 Å². The third-order valence-electron chi connectivity index (χ3n) is 11.2. The van der Waals surface area contributed by atoms with Crippen molar-refractivity contribution in [2.75, 3.05) is 9.80 Å². The Hall–Kier alpha value is -6.92. The van der Waals surface area contributed by atoms with Crippen molar-refractivity contribution in [3.8, 4) is 0 Å². The number of rotatable bonds is 6. The molecule has 12 aromatic rings. The highest BCUT2D eigenvalue weighted by atomic mass is 32.1. The monoisotopic (exact) mass is 764 g/mol. The Morgan fingerprint density at radius 2 is 0.807 bits per heavy atom. The van der Waals surface area contributed by atoms with Gasteiger partial charge in [-0.1, -0.05) is 103 Å². The summed E-state index contributed by atoms with van der Waals surface area (Å²) in [6.07, 6.45) is 0. The van der Waals surface area contributed by atoms with Gasteiger partial charge < -0.3 is 14.2 Å². The van der Waals surface area contributed by atoms with Crippen LogP contribution in [0.1, 0.15) is 0 Å². The molecule has 0 bridgehead atoms. The number of anilines is 6. The van der Waals surface area contributed by atoms with Crippen LogP contribution in [0, 0.1) is 0 Å². The second kappa shape index (κ2) is 12.8. The lowest BCUT2D eigenvalue weighted by Crippen LogP contribution is -2.13. The summed E-state index contributed by atoms with van der Waals surface area (Å²) in [5.74, 6) is 0. The molecule has 0 aliphatic heterocycles. The summed E-state index contributed by atoms with van der Waals surface area (Å²) in [5, 5.41) is 9.47. The van der Waals surface area contributed by atoms with E-state index in [0.717, 1.165) is 66.8 Å². The first-order valence-electron chi connectivity index (χ1n) is 19.2. The van der Waals surface area contributed by atoms with Gasteiger partial charge in [-0.15, -0.1) is 22.7 Å². The van der Waals surface area contributed by atoms with Gasteiger partial charge in [0.2, 0.25) is 0 Å². The van der Waals surface area contributed by atoms with Crippen molar-refractivity contribution < 1.29 is 4.42 Å². The largest absolute Gasteiger partial charge is 0.453 e. The number of hydrogen-bond donors (Lipinski definition) is 0. The average molecular weight is 765 g/mol. The number of fused-ring (bicyclic) bond motifs is 11. The molecule has 3 nitrogen and oxygen atoms in total. The molecule has 0 fully saturated rings. The van der Waals surface area contributed by atoms with E-state index in [1.54, 1.807) is 0 Å². The molecule has 0 saturated heterocycles. The Labute approximate surface area is 336 Å². The van der Waals surface area contributed by atoms with Crippen LogP contribution in [0.3, 0.4) is 0 Å². The summed E-state index contributed by atoms with van der Waals surface area (Å²) in [7, 11) is 0. The molecule has 57 heavy (non-hydrogen) atoms. The van der Waals surface area contributed by atoms with Crippen molar-refractivity contribution in [2.24, 2.45) is 0 Å². The first kappa shape index (κ1) is 32.3. The maximum Gasteiger partial charge on any atom is 0.159 e. The van der Waals surface area contributed by atoms with Gasteiger partial charge in [-0.3, -0.25) is 0 Å². The van der Waals surface area contributed by atoms with Gasteiger partial charge in [0.1, 0.15) is 5.58 Å². The van der Waals surface area contributed by atoms with E-state index in [1.807, 2.05) is 22.7 Å². The molecule has 12 rings (SSSR count). The zero-order valence-corrected chi connectivity index (χ0v) is 32.2.